The standard InChI is InChI=1S/C30H34N4O4/c1-19-26(8-5-9-27(19)38-3)30(36)33-22-15-23-11-12-24(16-22)34(23)28-13-10-21(18-31-28)29(35)32-17-20-6-4-7-25(14-20)37-2/h4-10,13-14,18,22-24H,11-12,15-17H2,1-3H3,(H,32,35)(H,33,36)/t22-,23+,24-. The van der Waals surface area contributed by atoms with Gasteiger partial charge < -0.3 is 25.0 Å². The van der Waals surface area contributed by atoms with Gasteiger partial charge in [-0.05, 0) is 74.6 Å². The van der Waals surface area contributed by atoms with Crippen LogP contribution in [0.1, 0.15) is 57.5 Å². The first-order chi connectivity index (χ1) is 18.5. The zero-order valence-electron chi connectivity index (χ0n) is 22.1. The topological polar surface area (TPSA) is 92.8 Å². The molecular weight excluding hydrogens is 480 g/mol. The van der Waals surface area contributed by atoms with Gasteiger partial charge in [0, 0.05) is 42.0 Å². The minimum atomic E-state index is -0.163. The Kier molecular flexibility index (Phi) is 7.49. The minimum absolute atomic E-state index is 0.0540. The molecular formula is C30H34N4O4. The van der Waals surface area contributed by atoms with Crippen molar-refractivity contribution in [3.05, 3.63) is 83.0 Å². The van der Waals surface area contributed by atoms with Crippen LogP contribution in [0.25, 0.3) is 0 Å². The number of ether oxygens (including phenoxy) is 2. The summed E-state index contributed by atoms with van der Waals surface area (Å²) in [4.78, 5) is 32.7. The number of carbonyl (C=O) groups excluding carboxylic acids is 2. The molecule has 5 rings (SSSR count). The maximum atomic E-state index is 13.0. The Hall–Kier alpha value is -4.07. The molecule has 2 N–H and O–H groups in total. The van der Waals surface area contributed by atoms with Crippen LogP contribution in [0.2, 0.25) is 0 Å². The summed E-state index contributed by atoms with van der Waals surface area (Å²) >= 11 is 0. The van der Waals surface area contributed by atoms with E-state index in [2.05, 4.69) is 20.5 Å². The first-order valence-corrected chi connectivity index (χ1v) is 13.1. The van der Waals surface area contributed by atoms with Gasteiger partial charge in [0.1, 0.15) is 17.3 Å². The Balaban J connectivity index is 1.19. The normalized spacial score (nSPS) is 20.1. The average molecular weight is 515 g/mol. The summed E-state index contributed by atoms with van der Waals surface area (Å²) in [6, 6.07) is 17.7. The van der Waals surface area contributed by atoms with Crippen molar-refractivity contribution < 1.29 is 19.1 Å². The van der Waals surface area contributed by atoms with Crippen LogP contribution in [0.4, 0.5) is 5.82 Å². The number of carbonyl (C=O) groups is 2. The van der Waals surface area contributed by atoms with E-state index in [0.717, 1.165) is 54.1 Å². The lowest BCUT2D eigenvalue weighted by atomic mass is 9.96. The number of methoxy groups -OCH3 is 2. The molecule has 3 heterocycles. The van der Waals surface area contributed by atoms with Gasteiger partial charge in [-0.3, -0.25) is 9.59 Å². The molecule has 0 saturated carbocycles. The van der Waals surface area contributed by atoms with Crippen LogP contribution in [-0.4, -0.2) is 49.1 Å². The Morgan fingerprint density at radius 3 is 2.42 bits per heavy atom. The number of hydrogen-bond donors (Lipinski definition) is 2. The van der Waals surface area contributed by atoms with E-state index in [1.807, 2.05) is 61.5 Å². The van der Waals surface area contributed by atoms with Gasteiger partial charge in [0.15, 0.2) is 0 Å². The van der Waals surface area contributed by atoms with E-state index < -0.39 is 0 Å². The van der Waals surface area contributed by atoms with Crippen LogP contribution in [0.3, 0.4) is 0 Å². The van der Waals surface area contributed by atoms with Gasteiger partial charge in [-0.25, -0.2) is 4.98 Å². The molecule has 0 radical (unpaired) electrons. The van der Waals surface area contributed by atoms with Crippen LogP contribution in [0.15, 0.2) is 60.8 Å². The Morgan fingerprint density at radius 2 is 1.74 bits per heavy atom. The summed E-state index contributed by atoms with van der Waals surface area (Å²) in [5.41, 5.74) is 3.00. The molecule has 38 heavy (non-hydrogen) atoms. The third-order valence-corrected chi connectivity index (χ3v) is 7.68. The Morgan fingerprint density at radius 1 is 0.974 bits per heavy atom. The van der Waals surface area contributed by atoms with Crippen LogP contribution in [-0.2, 0) is 6.54 Å². The number of aromatic nitrogens is 1. The fraction of sp³-hybridized carbons (Fsp3) is 0.367. The van der Waals surface area contributed by atoms with Crippen LogP contribution in [0, 0.1) is 6.92 Å². The fourth-order valence-electron chi connectivity index (χ4n) is 5.75. The quantitative estimate of drug-likeness (QED) is 0.467. The van der Waals surface area contributed by atoms with Crippen molar-refractivity contribution in [3.8, 4) is 11.5 Å². The third kappa shape index (κ3) is 5.30. The zero-order chi connectivity index (χ0) is 26.6. The van der Waals surface area contributed by atoms with Gasteiger partial charge in [-0.15, -0.1) is 0 Å². The SMILES string of the molecule is COc1cccc(CNC(=O)c2ccc(N3[C@@H]4CC[C@H]3C[C@@H](NC(=O)c3cccc(OC)c3C)C4)nc2)c1. The predicted octanol–water partition coefficient (Wildman–Crippen LogP) is 4.27. The second-order valence-electron chi connectivity index (χ2n) is 10.0. The summed E-state index contributed by atoms with van der Waals surface area (Å²) in [6.07, 6.45) is 5.53. The molecule has 2 fully saturated rings. The van der Waals surface area contributed by atoms with Crippen molar-refractivity contribution in [2.75, 3.05) is 19.1 Å². The van der Waals surface area contributed by atoms with E-state index in [1.165, 1.54) is 0 Å². The monoisotopic (exact) mass is 514 g/mol. The molecule has 2 bridgehead atoms. The molecule has 0 spiro atoms. The number of rotatable bonds is 8. The van der Waals surface area contributed by atoms with E-state index >= 15 is 0 Å². The van der Waals surface area contributed by atoms with E-state index in [1.54, 1.807) is 20.4 Å². The number of nitrogens with one attached hydrogen (secondary N) is 2. The Labute approximate surface area is 223 Å². The highest BCUT2D eigenvalue weighted by atomic mass is 16.5. The third-order valence-electron chi connectivity index (χ3n) is 7.68. The lowest BCUT2D eigenvalue weighted by Crippen LogP contribution is -2.50. The van der Waals surface area contributed by atoms with E-state index in [4.69, 9.17) is 9.47 Å². The van der Waals surface area contributed by atoms with Crippen LogP contribution < -0.4 is 25.0 Å². The molecule has 2 saturated heterocycles. The largest absolute Gasteiger partial charge is 0.497 e. The number of anilines is 1. The predicted molar refractivity (Wildman–Crippen MR) is 146 cm³/mol. The van der Waals surface area contributed by atoms with Crippen LogP contribution in [0.5, 0.6) is 11.5 Å². The van der Waals surface area contributed by atoms with Crippen molar-refractivity contribution in [1.29, 1.82) is 0 Å². The second-order valence-corrected chi connectivity index (χ2v) is 10.0. The second kappa shape index (κ2) is 11.1. The highest BCUT2D eigenvalue weighted by molar-refractivity contribution is 5.96. The number of nitrogens with zero attached hydrogens (tertiary/aromatic N) is 2. The lowest BCUT2D eigenvalue weighted by Gasteiger charge is -2.40. The van der Waals surface area contributed by atoms with E-state index in [-0.39, 0.29) is 17.9 Å². The molecule has 198 valence electrons. The molecule has 0 unspecified atom stereocenters. The molecule has 2 aliphatic rings. The van der Waals surface area contributed by atoms with Gasteiger partial charge in [0.2, 0.25) is 0 Å². The van der Waals surface area contributed by atoms with Gasteiger partial charge in [0.05, 0.1) is 19.8 Å². The van der Waals surface area contributed by atoms with Gasteiger partial charge in [-0.2, -0.15) is 0 Å². The molecule has 2 aromatic carbocycles. The van der Waals surface area contributed by atoms with Crippen molar-refractivity contribution in [2.45, 2.75) is 57.3 Å². The van der Waals surface area contributed by atoms with Crippen molar-refractivity contribution >= 4 is 17.6 Å². The first kappa shape index (κ1) is 25.6. The average Bonchev–Trinajstić information content (AvgIpc) is 3.21. The molecule has 8 nitrogen and oxygen atoms in total. The summed E-state index contributed by atoms with van der Waals surface area (Å²) in [5.74, 6) is 2.15. The lowest BCUT2D eigenvalue weighted by molar-refractivity contribution is 0.0923. The molecule has 2 amide bonds. The molecule has 3 atom stereocenters. The van der Waals surface area contributed by atoms with E-state index in [0.29, 0.717) is 29.8 Å². The van der Waals surface area contributed by atoms with Crippen molar-refractivity contribution in [3.63, 3.8) is 0 Å². The molecule has 1 aromatic heterocycles. The smallest absolute Gasteiger partial charge is 0.253 e. The van der Waals surface area contributed by atoms with E-state index in [9.17, 15) is 9.59 Å². The maximum Gasteiger partial charge on any atom is 0.253 e. The summed E-state index contributed by atoms with van der Waals surface area (Å²) < 4.78 is 10.6. The molecule has 3 aromatic rings. The maximum absolute atomic E-state index is 13.0. The van der Waals surface area contributed by atoms with Gasteiger partial charge in [-0.1, -0.05) is 18.2 Å². The minimum Gasteiger partial charge on any atom is -0.497 e. The first-order valence-electron chi connectivity index (χ1n) is 13.1. The van der Waals surface area contributed by atoms with Crippen LogP contribution >= 0.6 is 0 Å². The summed E-state index contributed by atoms with van der Waals surface area (Å²) in [6.45, 7) is 2.32. The van der Waals surface area contributed by atoms with Crippen molar-refractivity contribution in [2.24, 2.45) is 0 Å². The number of fused-ring (bicyclic) bond motifs is 2. The van der Waals surface area contributed by atoms with Gasteiger partial charge >= 0.3 is 0 Å². The highest BCUT2D eigenvalue weighted by Crippen LogP contribution is 2.38. The van der Waals surface area contributed by atoms with Crippen molar-refractivity contribution in [1.82, 2.24) is 15.6 Å². The number of benzene rings is 2. The highest BCUT2D eigenvalue weighted by Gasteiger charge is 2.42. The number of amides is 2. The summed E-state index contributed by atoms with van der Waals surface area (Å²) in [7, 11) is 3.24. The molecule has 8 heteroatoms. The Bertz CT molecular complexity index is 1300. The molecule has 0 aliphatic carbocycles. The van der Waals surface area contributed by atoms with Gasteiger partial charge in [0.25, 0.3) is 11.8 Å². The number of pyridine rings is 1. The molecule has 2 aliphatic heterocycles. The number of hydrogen-bond acceptors (Lipinski definition) is 6. The zero-order valence-corrected chi connectivity index (χ0v) is 22.1. The number of piperidine rings is 1. The fourth-order valence-corrected chi connectivity index (χ4v) is 5.75. The summed E-state index contributed by atoms with van der Waals surface area (Å²) in [5, 5.41) is 6.20.